The van der Waals surface area contributed by atoms with E-state index in [0.29, 0.717) is 33.2 Å². The van der Waals surface area contributed by atoms with Crippen LogP contribution in [0.5, 0.6) is 0 Å². The van der Waals surface area contributed by atoms with Gasteiger partial charge in [-0.15, -0.1) is 0 Å². The molecule has 0 spiro atoms. The SMILES string of the molecule is CN(C)CCCNc1cc(-c2c(-c3cccc(Cl)c3)nn3cc(C(F)(F)F)ccc23)ccn1. The number of benzene rings is 1. The first-order chi connectivity index (χ1) is 15.7. The minimum Gasteiger partial charge on any atom is -0.370 e. The molecule has 9 heteroatoms. The van der Waals surface area contributed by atoms with Crippen molar-refractivity contribution in [1.82, 2.24) is 19.5 Å². The number of nitrogens with one attached hydrogen (secondary N) is 1. The lowest BCUT2D eigenvalue weighted by atomic mass is 10.0. The monoisotopic (exact) mass is 473 g/mol. The molecule has 1 N–H and O–H groups in total. The minimum absolute atomic E-state index is 0.518. The van der Waals surface area contributed by atoms with E-state index in [9.17, 15) is 13.2 Å². The van der Waals surface area contributed by atoms with E-state index < -0.39 is 11.7 Å². The summed E-state index contributed by atoms with van der Waals surface area (Å²) < 4.78 is 41.2. The van der Waals surface area contributed by atoms with Crippen molar-refractivity contribution < 1.29 is 13.2 Å². The molecule has 172 valence electrons. The second kappa shape index (κ2) is 9.41. The number of rotatable bonds is 7. The summed E-state index contributed by atoms with van der Waals surface area (Å²) in [6.07, 6.45) is -0.826. The highest BCUT2D eigenvalue weighted by molar-refractivity contribution is 6.30. The normalized spacial score (nSPS) is 12.0. The summed E-state index contributed by atoms with van der Waals surface area (Å²) in [6, 6.07) is 13.4. The van der Waals surface area contributed by atoms with Crippen molar-refractivity contribution >= 4 is 22.9 Å². The standard InChI is InChI=1S/C24H23ClF3N5/c1-32(2)12-4-10-29-21-14-16(9-11-30-21)22-20-8-7-18(24(26,27)28)15-33(20)31-23(22)17-5-3-6-19(25)13-17/h3,5-9,11,13-15H,4,10,12H2,1-2H3,(H,29,30). The lowest BCUT2D eigenvalue weighted by molar-refractivity contribution is -0.137. The Morgan fingerprint density at radius 2 is 1.88 bits per heavy atom. The molecule has 0 aliphatic rings. The Labute approximate surface area is 194 Å². The molecule has 0 amide bonds. The first-order valence-electron chi connectivity index (χ1n) is 10.4. The summed E-state index contributed by atoms with van der Waals surface area (Å²) in [5.74, 6) is 0.689. The van der Waals surface area contributed by atoms with Gasteiger partial charge in [-0.1, -0.05) is 23.7 Å². The van der Waals surface area contributed by atoms with Crippen molar-refractivity contribution in [3.63, 3.8) is 0 Å². The molecule has 4 rings (SSSR count). The van der Waals surface area contributed by atoms with Crippen LogP contribution in [0, 0.1) is 0 Å². The van der Waals surface area contributed by atoms with Gasteiger partial charge in [-0.05, 0) is 69.0 Å². The number of nitrogens with zero attached hydrogens (tertiary/aromatic N) is 4. The number of halogens is 4. The van der Waals surface area contributed by atoms with Crippen LogP contribution in [0.2, 0.25) is 5.02 Å². The van der Waals surface area contributed by atoms with Crippen LogP contribution >= 0.6 is 11.6 Å². The molecule has 0 aliphatic carbocycles. The summed E-state index contributed by atoms with van der Waals surface area (Å²) in [5, 5.41) is 8.34. The molecule has 0 aliphatic heterocycles. The maximum Gasteiger partial charge on any atom is 0.417 e. The topological polar surface area (TPSA) is 45.5 Å². The van der Waals surface area contributed by atoms with E-state index >= 15 is 0 Å². The Morgan fingerprint density at radius 3 is 2.61 bits per heavy atom. The van der Waals surface area contributed by atoms with Gasteiger partial charge in [0.2, 0.25) is 0 Å². The Morgan fingerprint density at radius 1 is 1.06 bits per heavy atom. The van der Waals surface area contributed by atoms with Crippen LogP contribution in [-0.2, 0) is 6.18 Å². The molecule has 0 bridgehead atoms. The zero-order chi connectivity index (χ0) is 23.6. The molecule has 0 atom stereocenters. The minimum atomic E-state index is -4.46. The van der Waals surface area contributed by atoms with Gasteiger partial charge in [0.05, 0.1) is 11.1 Å². The van der Waals surface area contributed by atoms with Gasteiger partial charge in [-0.3, -0.25) is 0 Å². The first kappa shape index (κ1) is 23.1. The Bertz CT molecular complexity index is 1270. The molecule has 33 heavy (non-hydrogen) atoms. The summed E-state index contributed by atoms with van der Waals surface area (Å²) in [7, 11) is 4.04. The van der Waals surface area contributed by atoms with E-state index in [1.807, 2.05) is 32.3 Å². The molecule has 0 unspecified atom stereocenters. The van der Waals surface area contributed by atoms with Crippen molar-refractivity contribution in [1.29, 1.82) is 0 Å². The number of aromatic nitrogens is 3. The first-order valence-corrected chi connectivity index (χ1v) is 10.8. The van der Waals surface area contributed by atoms with Crippen LogP contribution in [0.4, 0.5) is 19.0 Å². The molecule has 5 nitrogen and oxygen atoms in total. The molecule has 3 heterocycles. The largest absolute Gasteiger partial charge is 0.417 e. The molecule has 3 aromatic heterocycles. The highest BCUT2D eigenvalue weighted by Gasteiger charge is 2.31. The van der Waals surface area contributed by atoms with Crippen molar-refractivity contribution in [3.8, 4) is 22.4 Å². The number of alkyl halides is 3. The highest BCUT2D eigenvalue weighted by atomic mass is 35.5. The number of fused-ring (bicyclic) bond motifs is 1. The van der Waals surface area contributed by atoms with Crippen LogP contribution in [0.3, 0.4) is 0 Å². The molecule has 0 radical (unpaired) electrons. The Hall–Kier alpha value is -3.10. The van der Waals surface area contributed by atoms with Gasteiger partial charge in [0, 0.05) is 35.1 Å². The van der Waals surface area contributed by atoms with Crippen LogP contribution < -0.4 is 5.32 Å². The average molecular weight is 474 g/mol. The summed E-state index contributed by atoms with van der Waals surface area (Å²) in [6.45, 7) is 1.70. The molecule has 0 saturated heterocycles. The fraction of sp³-hybridized carbons (Fsp3) is 0.250. The van der Waals surface area contributed by atoms with Gasteiger partial charge in [-0.2, -0.15) is 18.3 Å². The third-order valence-corrected chi connectivity index (χ3v) is 5.43. The zero-order valence-corrected chi connectivity index (χ0v) is 19.0. The van der Waals surface area contributed by atoms with Gasteiger partial charge >= 0.3 is 6.18 Å². The third-order valence-electron chi connectivity index (χ3n) is 5.19. The number of anilines is 1. The average Bonchev–Trinajstić information content (AvgIpc) is 3.15. The van der Waals surface area contributed by atoms with Gasteiger partial charge in [-0.25, -0.2) is 9.50 Å². The van der Waals surface area contributed by atoms with E-state index in [1.165, 1.54) is 10.6 Å². The van der Waals surface area contributed by atoms with Gasteiger partial charge in [0.25, 0.3) is 0 Å². The van der Waals surface area contributed by atoms with E-state index in [1.54, 1.807) is 24.4 Å². The van der Waals surface area contributed by atoms with Crippen molar-refractivity contribution in [2.75, 3.05) is 32.5 Å². The van der Waals surface area contributed by atoms with Crippen molar-refractivity contribution in [2.45, 2.75) is 12.6 Å². The Balaban J connectivity index is 1.80. The molecular formula is C24H23ClF3N5. The fourth-order valence-corrected chi connectivity index (χ4v) is 3.82. The summed E-state index contributed by atoms with van der Waals surface area (Å²) in [5.41, 5.74) is 2.56. The predicted octanol–water partition coefficient (Wildman–Crippen LogP) is 6.10. The molecular weight excluding hydrogens is 451 g/mol. The molecule has 0 saturated carbocycles. The van der Waals surface area contributed by atoms with Crippen LogP contribution in [0.15, 0.2) is 60.9 Å². The lowest BCUT2D eigenvalue weighted by Crippen LogP contribution is -2.16. The zero-order valence-electron chi connectivity index (χ0n) is 18.2. The quantitative estimate of drug-likeness (QED) is 0.329. The van der Waals surface area contributed by atoms with Gasteiger partial charge in [0.15, 0.2) is 0 Å². The van der Waals surface area contributed by atoms with E-state index in [0.717, 1.165) is 37.3 Å². The van der Waals surface area contributed by atoms with E-state index in [4.69, 9.17) is 11.6 Å². The second-order valence-corrected chi connectivity index (χ2v) is 8.43. The smallest absolute Gasteiger partial charge is 0.370 e. The van der Waals surface area contributed by atoms with Crippen molar-refractivity contribution in [2.24, 2.45) is 0 Å². The molecule has 4 aromatic rings. The van der Waals surface area contributed by atoms with Crippen LogP contribution in [0.1, 0.15) is 12.0 Å². The van der Waals surface area contributed by atoms with E-state index in [2.05, 4.69) is 20.3 Å². The highest BCUT2D eigenvalue weighted by Crippen LogP contribution is 2.38. The number of pyridine rings is 2. The number of hydrogen-bond acceptors (Lipinski definition) is 4. The van der Waals surface area contributed by atoms with Gasteiger partial charge < -0.3 is 10.2 Å². The van der Waals surface area contributed by atoms with Crippen molar-refractivity contribution in [3.05, 3.63) is 71.5 Å². The van der Waals surface area contributed by atoms with Crippen LogP contribution in [0.25, 0.3) is 27.9 Å². The predicted molar refractivity (Wildman–Crippen MR) is 126 cm³/mol. The molecule has 0 fully saturated rings. The fourth-order valence-electron chi connectivity index (χ4n) is 3.63. The van der Waals surface area contributed by atoms with Crippen LogP contribution in [-0.4, -0.2) is 46.7 Å². The second-order valence-electron chi connectivity index (χ2n) is 7.99. The lowest BCUT2D eigenvalue weighted by Gasteiger charge is -2.11. The summed E-state index contributed by atoms with van der Waals surface area (Å²) in [4.78, 5) is 6.50. The Kier molecular flexibility index (Phi) is 6.58. The van der Waals surface area contributed by atoms with Gasteiger partial charge in [0.1, 0.15) is 11.5 Å². The maximum atomic E-state index is 13.3. The summed E-state index contributed by atoms with van der Waals surface area (Å²) >= 11 is 6.19. The maximum absolute atomic E-state index is 13.3. The third kappa shape index (κ3) is 5.29. The molecule has 1 aromatic carbocycles. The number of hydrogen-bond donors (Lipinski definition) is 1. The van der Waals surface area contributed by atoms with E-state index in [-0.39, 0.29) is 0 Å².